The molecule has 0 fully saturated rings. The first-order chi connectivity index (χ1) is 8.60. The third-order valence-corrected chi connectivity index (χ3v) is 2.50. The van der Waals surface area contributed by atoms with E-state index in [0.29, 0.717) is 22.9 Å². The zero-order valence-corrected chi connectivity index (χ0v) is 10.2. The molecule has 0 saturated heterocycles. The predicted octanol–water partition coefficient (Wildman–Crippen LogP) is 3.19. The highest BCUT2D eigenvalue weighted by molar-refractivity contribution is 6.31. The minimum Gasteiger partial charge on any atom is -0.339 e. The smallest absolute Gasteiger partial charge is 0.152 e. The summed E-state index contributed by atoms with van der Waals surface area (Å²) in [7, 11) is 0. The van der Waals surface area contributed by atoms with Gasteiger partial charge in [0.25, 0.3) is 0 Å². The molecule has 2 aromatic rings. The summed E-state index contributed by atoms with van der Waals surface area (Å²) in [5.41, 5.74) is 0.858. The Hall–Kier alpha value is -2.19. The predicted molar refractivity (Wildman–Crippen MR) is 66.2 cm³/mol. The zero-order chi connectivity index (χ0) is 13.1. The Labute approximate surface area is 108 Å². The van der Waals surface area contributed by atoms with E-state index in [1.165, 1.54) is 24.4 Å². The van der Waals surface area contributed by atoms with Gasteiger partial charge in [-0.05, 0) is 25.1 Å². The fourth-order valence-corrected chi connectivity index (χ4v) is 1.54. The van der Waals surface area contributed by atoms with Gasteiger partial charge >= 0.3 is 0 Å². The third-order valence-electron chi connectivity index (χ3n) is 2.21. The quantitative estimate of drug-likeness (QED) is 0.903. The number of halogens is 2. The van der Waals surface area contributed by atoms with Gasteiger partial charge in [-0.2, -0.15) is 5.26 Å². The highest BCUT2D eigenvalue weighted by Gasteiger charge is 2.07. The summed E-state index contributed by atoms with van der Waals surface area (Å²) in [5, 5.41) is 11.8. The number of anilines is 2. The largest absolute Gasteiger partial charge is 0.339 e. The molecule has 1 N–H and O–H groups in total. The highest BCUT2D eigenvalue weighted by Crippen LogP contribution is 2.23. The number of nitriles is 1. The van der Waals surface area contributed by atoms with E-state index in [4.69, 9.17) is 16.9 Å². The van der Waals surface area contributed by atoms with Gasteiger partial charge in [-0.15, -0.1) is 0 Å². The Bertz CT molecular complexity index is 636. The van der Waals surface area contributed by atoms with Crippen LogP contribution in [-0.4, -0.2) is 9.97 Å². The van der Waals surface area contributed by atoms with Crippen LogP contribution in [0.1, 0.15) is 11.4 Å². The maximum absolute atomic E-state index is 13.0. The Morgan fingerprint density at radius 3 is 2.89 bits per heavy atom. The summed E-state index contributed by atoms with van der Waals surface area (Å²) in [6, 6.07) is 6.16. The van der Waals surface area contributed by atoms with E-state index < -0.39 is 5.82 Å². The molecule has 90 valence electrons. The first-order valence-corrected chi connectivity index (χ1v) is 5.44. The Morgan fingerprint density at radius 1 is 1.44 bits per heavy atom. The number of aryl methyl sites for hydroxylation is 1. The van der Waals surface area contributed by atoms with E-state index in [1.54, 1.807) is 6.92 Å². The molecule has 1 aromatic heterocycles. The third kappa shape index (κ3) is 2.55. The Morgan fingerprint density at radius 2 is 2.22 bits per heavy atom. The zero-order valence-electron chi connectivity index (χ0n) is 9.41. The van der Waals surface area contributed by atoms with Crippen LogP contribution in [0.15, 0.2) is 24.4 Å². The fraction of sp³-hybridized carbons (Fsp3) is 0.0833. The van der Waals surface area contributed by atoms with Crippen LogP contribution in [-0.2, 0) is 0 Å². The van der Waals surface area contributed by atoms with E-state index in [-0.39, 0.29) is 5.02 Å². The van der Waals surface area contributed by atoms with Gasteiger partial charge in [0.15, 0.2) is 5.82 Å². The summed E-state index contributed by atoms with van der Waals surface area (Å²) in [6.45, 7) is 1.71. The Kier molecular flexibility index (Phi) is 3.40. The van der Waals surface area contributed by atoms with Crippen molar-refractivity contribution in [2.24, 2.45) is 0 Å². The molecule has 0 aliphatic heterocycles. The molecule has 0 aliphatic carbocycles. The SMILES string of the molecule is Cc1ncc(C#N)c(Nc2ccc(F)c(Cl)c2)n1. The highest BCUT2D eigenvalue weighted by atomic mass is 35.5. The standard InChI is InChI=1S/C12H8ClFN4/c1-7-16-6-8(5-15)12(17-7)18-9-2-3-11(14)10(13)4-9/h2-4,6H,1H3,(H,16,17,18). The van der Waals surface area contributed by atoms with Crippen LogP contribution >= 0.6 is 11.6 Å². The topological polar surface area (TPSA) is 61.6 Å². The second kappa shape index (κ2) is 4.98. The average Bonchev–Trinajstić information content (AvgIpc) is 2.34. The van der Waals surface area contributed by atoms with Crippen LogP contribution in [0, 0.1) is 24.1 Å². The molecule has 0 saturated carbocycles. The first kappa shape index (κ1) is 12.3. The number of aromatic nitrogens is 2. The molecule has 0 amide bonds. The molecular formula is C12H8ClFN4. The number of nitrogens with one attached hydrogen (secondary N) is 1. The monoisotopic (exact) mass is 262 g/mol. The van der Waals surface area contributed by atoms with Crippen molar-refractivity contribution in [1.82, 2.24) is 9.97 Å². The molecular weight excluding hydrogens is 255 g/mol. The van der Waals surface area contributed by atoms with Crippen molar-refractivity contribution >= 4 is 23.1 Å². The van der Waals surface area contributed by atoms with Crippen LogP contribution in [0.25, 0.3) is 0 Å². The lowest BCUT2D eigenvalue weighted by Crippen LogP contribution is -2.00. The molecule has 0 spiro atoms. The number of benzene rings is 1. The molecule has 18 heavy (non-hydrogen) atoms. The number of hydrogen-bond acceptors (Lipinski definition) is 4. The van der Waals surface area contributed by atoms with E-state index in [0.717, 1.165) is 0 Å². The average molecular weight is 263 g/mol. The molecule has 0 unspecified atom stereocenters. The maximum atomic E-state index is 13.0. The van der Waals surface area contributed by atoms with Crippen LogP contribution < -0.4 is 5.32 Å². The fourth-order valence-electron chi connectivity index (χ4n) is 1.36. The lowest BCUT2D eigenvalue weighted by molar-refractivity contribution is 0.628. The molecule has 6 heteroatoms. The molecule has 1 heterocycles. The van der Waals surface area contributed by atoms with Crippen molar-refractivity contribution in [3.63, 3.8) is 0 Å². The van der Waals surface area contributed by atoms with Gasteiger partial charge in [0.2, 0.25) is 0 Å². The van der Waals surface area contributed by atoms with E-state index in [1.807, 2.05) is 6.07 Å². The summed E-state index contributed by atoms with van der Waals surface area (Å²) in [6.07, 6.45) is 1.43. The number of rotatable bonds is 2. The minimum atomic E-state index is -0.499. The van der Waals surface area contributed by atoms with Gasteiger partial charge in [0.1, 0.15) is 23.3 Å². The van der Waals surface area contributed by atoms with Crippen LogP contribution in [0.2, 0.25) is 5.02 Å². The van der Waals surface area contributed by atoms with Gasteiger partial charge < -0.3 is 5.32 Å². The first-order valence-electron chi connectivity index (χ1n) is 5.06. The Balaban J connectivity index is 2.36. The summed E-state index contributed by atoms with van der Waals surface area (Å²) in [5.74, 6) is 0.402. The summed E-state index contributed by atoms with van der Waals surface area (Å²) >= 11 is 5.67. The lowest BCUT2D eigenvalue weighted by atomic mass is 10.3. The lowest BCUT2D eigenvalue weighted by Gasteiger charge is -2.08. The molecule has 1 aromatic carbocycles. The van der Waals surface area contributed by atoms with Gasteiger partial charge in [-0.3, -0.25) is 0 Å². The van der Waals surface area contributed by atoms with Crippen molar-refractivity contribution in [3.05, 3.63) is 46.6 Å². The van der Waals surface area contributed by atoms with E-state index in [2.05, 4.69) is 15.3 Å². The van der Waals surface area contributed by atoms with Crippen LogP contribution in [0.4, 0.5) is 15.9 Å². The summed E-state index contributed by atoms with van der Waals surface area (Å²) < 4.78 is 13.0. The van der Waals surface area contributed by atoms with E-state index in [9.17, 15) is 4.39 Å². The second-order valence-corrected chi connectivity index (χ2v) is 3.95. The van der Waals surface area contributed by atoms with Gasteiger partial charge in [-0.1, -0.05) is 11.6 Å². The van der Waals surface area contributed by atoms with Crippen molar-refractivity contribution < 1.29 is 4.39 Å². The van der Waals surface area contributed by atoms with Gasteiger partial charge in [0, 0.05) is 5.69 Å². The van der Waals surface area contributed by atoms with Crippen molar-refractivity contribution in [1.29, 1.82) is 5.26 Å². The van der Waals surface area contributed by atoms with Gasteiger partial charge in [-0.25, -0.2) is 14.4 Å². The molecule has 2 rings (SSSR count). The molecule has 0 atom stereocenters. The second-order valence-electron chi connectivity index (χ2n) is 3.55. The van der Waals surface area contributed by atoms with Crippen LogP contribution in [0.3, 0.4) is 0 Å². The van der Waals surface area contributed by atoms with Gasteiger partial charge in [0.05, 0.1) is 11.2 Å². The number of hydrogen-bond donors (Lipinski definition) is 1. The van der Waals surface area contributed by atoms with Crippen LogP contribution in [0.5, 0.6) is 0 Å². The van der Waals surface area contributed by atoms with Crippen molar-refractivity contribution in [2.45, 2.75) is 6.92 Å². The maximum Gasteiger partial charge on any atom is 0.152 e. The molecule has 4 nitrogen and oxygen atoms in total. The molecule has 0 bridgehead atoms. The van der Waals surface area contributed by atoms with Crippen molar-refractivity contribution in [3.8, 4) is 6.07 Å². The summed E-state index contributed by atoms with van der Waals surface area (Å²) in [4.78, 5) is 8.03. The normalized spacial score (nSPS) is 9.89. The number of nitrogens with zero attached hydrogens (tertiary/aromatic N) is 3. The molecule has 0 radical (unpaired) electrons. The van der Waals surface area contributed by atoms with Crippen molar-refractivity contribution in [2.75, 3.05) is 5.32 Å². The molecule has 0 aliphatic rings. The minimum absolute atomic E-state index is 0.00397. The van der Waals surface area contributed by atoms with E-state index >= 15 is 0 Å².